The summed E-state index contributed by atoms with van der Waals surface area (Å²) in [5.74, 6) is -0.582. The van der Waals surface area contributed by atoms with Gasteiger partial charge in [-0.3, -0.25) is 4.79 Å². The fraction of sp³-hybridized carbons (Fsp3) is 0.419. The average Bonchev–Trinajstić information content (AvgIpc) is 3.48. The molecule has 4 rings (SSSR count). The number of likely N-dealkylation sites (tertiary alicyclic amines) is 1. The molecule has 3 amide bonds. The molecule has 3 aromatic rings. The van der Waals surface area contributed by atoms with Crippen LogP contribution >= 0.6 is 22.9 Å². The minimum absolute atomic E-state index is 0.0696. The largest absolute Gasteiger partial charge is 0.465 e. The summed E-state index contributed by atoms with van der Waals surface area (Å²) in [4.78, 5) is 46.8. The molecule has 1 fully saturated rings. The second-order valence-corrected chi connectivity index (χ2v) is 11.8. The SMILES string of the molecule is COC(=O)c1cccc(NC(=O)N(Cc2ccsc2)C2CCN(C(C)CCNC(=O)c3c(C)cc(Cl)nc3C)CC2)c1. The van der Waals surface area contributed by atoms with Gasteiger partial charge in [0.25, 0.3) is 5.91 Å². The summed E-state index contributed by atoms with van der Waals surface area (Å²) in [5, 5.41) is 10.5. The number of hydrogen-bond acceptors (Lipinski definition) is 7. The van der Waals surface area contributed by atoms with E-state index in [4.69, 9.17) is 16.3 Å². The summed E-state index contributed by atoms with van der Waals surface area (Å²) in [6.07, 6.45) is 2.49. The second-order valence-electron chi connectivity index (χ2n) is 10.6. The molecule has 1 aromatic carbocycles. The van der Waals surface area contributed by atoms with E-state index in [9.17, 15) is 14.4 Å². The van der Waals surface area contributed by atoms with E-state index in [-0.39, 0.29) is 24.0 Å². The number of aromatic nitrogens is 1. The topological polar surface area (TPSA) is 104 Å². The fourth-order valence-corrected chi connectivity index (χ4v) is 6.37. The number of amides is 3. The Hall–Kier alpha value is -3.47. The molecule has 42 heavy (non-hydrogen) atoms. The number of nitrogens with one attached hydrogen (secondary N) is 2. The third-order valence-electron chi connectivity index (χ3n) is 7.73. The standard InChI is InChI=1S/C31H38ClN5O4S/c1-20-16-27(32)34-22(3)28(20)29(38)33-12-8-21(2)36-13-9-26(10-14-36)37(18-23-11-15-42-19-23)31(40)35-25-7-5-6-24(17-25)30(39)41-4/h5-7,11,15-17,19,21,26H,8-10,12-14,18H2,1-4H3,(H,33,38)(H,35,40). The Kier molecular flexibility index (Phi) is 11.0. The van der Waals surface area contributed by atoms with Gasteiger partial charge in [0.05, 0.1) is 23.9 Å². The monoisotopic (exact) mass is 611 g/mol. The van der Waals surface area contributed by atoms with Crippen molar-refractivity contribution in [3.05, 3.63) is 80.3 Å². The molecule has 2 N–H and O–H groups in total. The minimum Gasteiger partial charge on any atom is -0.465 e. The van der Waals surface area contributed by atoms with Gasteiger partial charge in [-0.2, -0.15) is 11.3 Å². The molecule has 9 nitrogen and oxygen atoms in total. The number of aryl methyl sites for hydroxylation is 2. The van der Waals surface area contributed by atoms with E-state index >= 15 is 0 Å². The Balaban J connectivity index is 1.32. The molecular formula is C31H38ClN5O4S. The lowest BCUT2D eigenvalue weighted by atomic mass is 10.0. The first-order chi connectivity index (χ1) is 20.2. The highest BCUT2D eigenvalue weighted by molar-refractivity contribution is 7.07. The third kappa shape index (κ3) is 8.08. The number of rotatable bonds is 10. The van der Waals surface area contributed by atoms with Crippen LogP contribution in [0.5, 0.6) is 0 Å². The third-order valence-corrected chi connectivity index (χ3v) is 8.66. The van der Waals surface area contributed by atoms with Crippen LogP contribution in [0.1, 0.15) is 63.7 Å². The molecule has 2 aromatic heterocycles. The fourth-order valence-electron chi connectivity index (χ4n) is 5.41. The first kappa shape index (κ1) is 31.5. The zero-order valence-electron chi connectivity index (χ0n) is 24.5. The average molecular weight is 612 g/mol. The van der Waals surface area contributed by atoms with Gasteiger partial charge in [-0.15, -0.1) is 0 Å². The van der Waals surface area contributed by atoms with Crippen LogP contribution < -0.4 is 10.6 Å². The van der Waals surface area contributed by atoms with Crippen molar-refractivity contribution in [2.45, 2.75) is 58.7 Å². The zero-order valence-corrected chi connectivity index (χ0v) is 26.1. The van der Waals surface area contributed by atoms with Crippen molar-refractivity contribution >= 4 is 46.5 Å². The van der Waals surface area contributed by atoms with Gasteiger partial charge >= 0.3 is 12.0 Å². The zero-order chi connectivity index (χ0) is 30.2. The van der Waals surface area contributed by atoms with E-state index in [1.54, 1.807) is 48.6 Å². The highest BCUT2D eigenvalue weighted by Gasteiger charge is 2.30. The smallest absolute Gasteiger partial charge is 0.337 e. The second kappa shape index (κ2) is 14.6. The van der Waals surface area contributed by atoms with Gasteiger partial charge in [0.15, 0.2) is 0 Å². The van der Waals surface area contributed by atoms with E-state index in [0.29, 0.717) is 40.8 Å². The van der Waals surface area contributed by atoms with Gasteiger partial charge < -0.3 is 25.2 Å². The molecule has 0 bridgehead atoms. The van der Waals surface area contributed by atoms with Gasteiger partial charge in [-0.25, -0.2) is 14.6 Å². The number of pyridine rings is 1. The lowest BCUT2D eigenvalue weighted by molar-refractivity contribution is 0.0600. The maximum atomic E-state index is 13.5. The normalized spacial score (nSPS) is 14.7. The molecule has 224 valence electrons. The van der Waals surface area contributed by atoms with Gasteiger partial charge in [-0.1, -0.05) is 17.7 Å². The first-order valence-corrected chi connectivity index (χ1v) is 15.4. The summed E-state index contributed by atoms with van der Waals surface area (Å²) in [6, 6.07) is 10.7. The van der Waals surface area contributed by atoms with E-state index < -0.39 is 5.97 Å². The lowest BCUT2D eigenvalue weighted by Crippen LogP contribution is -2.50. The molecule has 0 spiro atoms. The molecule has 1 atom stereocenters. The predicted molar refractivity (Wildman–Crippen MR) is 166 cm³/mol. The number of piperidine rings is 1. The molecule has 1 aliphatic heterocycles. The quantitative estimate of drug-likeness (QED) is 0.218. The Bertz CT molecular complexity index is 1370. The van der Waals surface area contributed by atoms with Crippen LogP contribution in [-0.4, -0.2) is 71.5 Å². The number of nitrogens with zero attached hydrogens (tertiary/aromatic N) is 3. The summed E-state index contributed by atoms with van der Waals surface area (Å²) in [7, 11) is 1.33. The number of anilines is 1. The van der Waals surface area contributed by atoms with Crippen molar-refractivity contribution in [3.8, 4) is 0 Å². The van der Waals surface area contributed by atoms with Crippen molar-refractivity contribution in [3.63, 3.8) is 0 Å². The highest BCUT2D eigenvalue weighted by Crippen LogP contribution is 2.24. The molecule has 1 saturated heterocycles. The molecule has 1 unspecified atom stereocenters. The van der Waals surface area contributed by atoms with Crippen molar-refractivity contribution in [2.75, 3.05) is 32.1 Å². The highest BCUT2D eigenvalue weighted by atomic mass is 35.5. The summed E-state index contributed by atoms with van der Waals surface area (Å²) < 4.78 is 4.81. The lowest BCUT2D eigenvalue weighted by Gasteiger charge is -2.40. The summed E-state index contributed by atoms with van der Waals surface area (Å²) >= 11 is 7.62. The van der Waals surface area contributed by atoms with Crippen LogP contribution in [-0.2, 0) is 11.3 Å². The van der Waals surface area contributed by atoms with Crippen molar-refractivity contribution < 1.29 is 19.1 Å². The van der Waals surface area contributed by atoms with Crippen LogP contribution in [0, 0.1) is 13.8 Å². The van der Waals surface area contributed by atoms with E-state index in [0.717, 1.165) is 43.5 Å². The van der Waals surface area contributed by atoms with Crippen molar-refractivity contribution in [2.24, 2.45) is 0 Å². The first-order valence-electron chi connectivity index (χ1n) is 14.1. The Labute approximate surface area is 256 Å². The van der Waals surface area contributed by atoms with Gasteiger partial charge in [0, 0.05) is 44.0 Å². The van der Waals surface area contributed by atoms with Crippen LogP contribution in [0.15, 0.2) is 47.2 Å². The number of carbonyl (C=O) groups excluding carboxylic acids is 3. The van der Waals surface area contributed by atoms with Crippen molar-refractivity contribution in [1.82, 2.24) is 20.1 Å². The number of carbonyl (C=O) groups is 3. The number of urea groups is 1. The van der Waals surface area contributed by atoms with Gasteiger partial charge in [0.1, 0.15) is 5.15 Å². The van der Waals surface area contributed by atoms with Crippen LogP contribution in [0.4, 0.5) is 10.5 Å². The number of esters is 1. The Morgan fingerprint density at radius 1 is 1.19 bits per heavy atom. The van der Waals surface area contributed by atoms with E-state index in [2.05, 4.69) is 32.8 Å². The van der Waals surface area contributed by atoms with Crippen LogP contribution in [0.3, 0.4) is 0 Å². The van der Waals surface area contributed by atoms with E-state index in [1.807, 2.05) is 23.3 Å². The van der Waals surface area contributed by atoms with Crippen LogP contribution in [0.2, 0.25) is 5.15 Å². The number of ether oxygens (including phenoxy) is 1. The molecule has 3 heterocycles. The molecule has 0 aliphatic carbocycles. The predicted octanol–water partition coefficient (Wildman–Crippen LogP) is 5.91. The number of benzene rings is 1. The summed E-state index contributed by atoms with van der Waals surface area (Å²) in [5.41, 5.74) is 4.03. The number of halogens is 1. The number of hydrogen-bond donors (Lipinski definition) is 2. The van der Waals surface area contributed by atoms with Crippen LogP contribution in [0.25, 0.3) is 0 Å². The molecule has 0 saturated carbocycles. The van der Waals surface area contributed by atoms with E-state index in [1.165, 1.54) is 7.11 Å². The molecule has 11 heteroatoms. The maximum Gasteiger partial charge on any atom is 0.337 e. The van der Waals surface area contributed by atoms with Gasteiger partial charge in [0.2, 0.25) is 0 Å². The minimum atomic E-state index is -0.450. The molecule has 0 radical (unpaired) electrons. The Morgan fingerprint density at radius 3 is 2.62 bits per heavy atom. The molecular weight excluding hydrogens is 574 g/mol. The van der Waals surface area contributed by atoms with Crippen molar-refractivity contribution in [1.29, 1.82) is 0 Å². The van der Waals surface area contributed by atoms with Gasteiger partial charge in [-0.05, 0) is 92.3 Å². The number of thiophene rings is 1. The number of methoxy groups -OCH3 is 1. The molecule has 1 aliphatic rings. The Morgan fingerprint density at radius 2 is 1.95 bits per heavy atom. The summed E-state index contributed by atoms with van der Waals surface area (Å²) in [6.45, 7) is 8.60. The maximum absolute atomic E-state index is 13.5.